The first-order valence-corrected chi connectivity index (χ1v) is 7.11. The van der Waals surface area contributed by atoms with Crippen molar-refractivity contribution in [3.8, 4) is 0 Å². The normalized spacial score (nSPS) is 30.1. The SMILES string of the molecule is CCC1CCC(O)C(CC(O)c2ccccc2)C1. The van der Waals surface area contributed by atoms with Crippen LogP contribution in [0.15, 0.2) is 30.3 Å². The zero-order chi connectivity index (χ0) is 13.0. The van der Waals surface area contributed by atoms with Gasteiger partial charge in [-0.05, 0) is 43.1 Å². The van der Waals surface area contributed by atoms with Gasteiger partial charge < -0.3 is 10.2 Å². The molecule has 1 saturated carbocycles. The van der Waals surface area contributed by atoms with Crippen LogP contribution in [0.4, 0.5) is 0 Å². The lowest BCUT2D eigenvalue weighted by molar-refractivity contribution is 0.0159. The minimum Gasteiger partial charge on any atom is -0.393 e. The van der Waals surface area contributed by atoms with Crippen LogP contribution < -0.4 is 0 Å². The van der Waals surface area contributed by atoms with Crippen LogP contribution in [0.25, 0.3) is 0 Å². The molecule has 1 aliphatic rings. The van der Waals surface area contributed by atoms with E-state index in [2.05, 4.69) is 6.92 Å². The molecule has 0 spiro atoms. The molecule has 0 heterocycles. The van der Waals surface area contributed by atoms with Crippen molar-refractivity contribution in [3.63, 3.8) is 0 Å². The average Bonchev–Trinajstić information content (AvgIpc) is 2.42. The topological polar surface area (TPSA) is 40.5 Å². The average molecular weight is 248 g/mol. The molecule has 0 radical (unpaired) electrons. The van der Waals surface area contributed by atoms with Crippen LogP contribution in [0.2, 0.25) is 0 Å². The van der Waals surface area contributed by atoms with Gasteiger partial charge in [0.2, 0.25) is 0 Å². The van der Waals surface area contributed by atoms with Crippen LogP contribution in [0, 0.1) is 11.8 Å². The Kier molecular flexibility index (Phi) is 4.79. The highest BCUT2D eigenvalue weighted by molar-refractivity contribution is 5.17. The van der Waals surface area contributed by atoms with Crippen LogP contribution in [0.3, 0.4) is 0 Å². The lowest BCUT2D eigenvalue weighted by Gasteiger charge is -2.34. The van der Waals surface area contributed by atoms with Gasteiger partial charge >= 0.3 is 0 Å². The van der Waals surface area contributed by atoms with E-state index in [0.717, 1.165) is 30.7 Å². The summed E-state index contributed by atoms with van der Waals surface area (Å²) in [5.41, 5.74) is 0.961. The molecule has 2 nitrogen and oxygen atoms in total. The summed E-state index contributed by atoms with van der Waals surface area (Å²) in [5.74, 6) is 0.972. The molecule has 0 amide bonds. The highest BCUT2D eigenvalue weighted by Gasteiger charge is 2.30. The molecule has 1 aliphatic carbocycles. The van der Waals surface area contributed by atoms with E-state index in [9.17, 15) is 10.2 Å². The fourth-order valence-corrected chi connectivity index (χ4v) is 3.07. The van der Waals surface area contributed by atoms with Crippen molar-refractivity contribution >= 4 is 0 Å². The lowest BCUT2D eigenvalue weighted by atomic mass is 9.75. The second-order valence-corrected chi connectivity index (χ2v) is 5.58. The van der Waals surface area contributed by atoms with Crippen LogP contribution >= 0.6 is 0 Å². The highest BCUT2D eigenvalue weighted by Crippen LogP contribution is 2.36. The summed E-state index contributed by atoms with van der Waals surface area (Å²) >= 11 is 0. The predicted molar refractivity (Wildman–Crippen MR) is 73.1 cm³/mol. The fourth-order valence-electron chi connectivity index (χ4n) is 3.07. The number of aliphatic hydroxyl groups is 2. The Labute approximate surface area is 110 Å². The van der Waals surface area contributed by atoms with Gasteiger partial charge in [0.15, 0.2) is 0 Å². The molecule has 1 aromatic rings. The second kappa shape index (κ2) is 6.35. The van der Waals surface area contributed by atoms with Crippen LogP contribution in [0.1, 0.15) is 50.7 Å². The number of hydrogen-bond donors (Lipinski definition) is 2. The second-order valence-electron chi connectivity index (χ2n) is 5.58. The highest BCUT2D eigenvalue weighted by atomic mass is 16.3. The fraction of sp³-hybridized carbons (Fsp3) is 0.625. The molecular formula is C16H24O2. The summed E-state index contributed by atoms with van der Waals surface area (Å²) < 4.78 is 0. The minimum absolute atomic E-state index is 0.230. The minimum atomic E-state index is -0.443. The van der Waals surface area contributed by atoms with E-state index >= 15 is 0 Å². The molecule has 4 unspecified atom stereocenters. The number of aliphatic hydroxyl groups excluding tert-OH is 2. The summed E-state index contributed by atoms with van der Waals surface area (Å²) in [6.07, 6.45) is 4.28. The smallest absolute Gasteiger partial charge is 0.0793 e. The number of hydrogen-bond acceptors (Lipinski definition) is 2. The van der Waals surface area contributed by atoms with Crippen LogP contribution in [-0.2, 0) is 0 Å². The third kappa shape index (κ3) is 3.33. The number of benzene rings is 1. The van der Waals surface area contributed by atoms with Gasteiger partial charge in [-0.15, -0.1) is 0 Å². The zero-order valence-corrected chi connectivity index (χ0v) is 11.1. The van der Waals surface area contributed by atoms with Gasteiger partial charge in [-0.25, -0.2) is 0 Å². The first kappa shape index (κ1) is 13.6. The molecule has 100 valence electrons. The molecule has 0 aliphatic heterocycles. The largest absolute Gasteiger partial charge is 0.393 e. The van der Waals surface area contributed by atoms with Gasteiger partial charge in [0.25, 0.3) is 0 Å². The Morgan fingerprint density at radius 2 is 1.94 bits per heavy atom. The first-order valence-electron chi connectivity index (χ1n) is 7.11. The Morgan fingerprint density at radius 1 is 1.22 bits per heavy atom. The summed E-state index contributed by atoms with van der Waals surface area (Å²) in [5, 5.41) is 20.3. The standard InChI is InChI=1S/C16H24O2/c1-2-12-8-9-15(17)14(10-12)11-16(18)13-6-4-3-5-7-13/h3-7,12,14-18H,2,8-11H2,1H3. The van der Waals surface area contributed by atoms with E-state index in [1.165, 1.54) is 6.42 Å². The van der Waals surface area contributed by atoms with E-state index in [1.807, 2.05) is 30.3 Å². The van der Waals surface area contributed by atoms with E-state index in [-0.39, 0.29) is 12.0 Å². The molecule has 0 aromatic heterocycles. The summed E-state index contributed by atoms with van der Waals surface area (Å²) in [6, 6.07) is 9.77. The van der Waals surface area contributed by atoms with E-state index in [1.54, 1.807) is 0 Å². The van der Waals surface area contributed by atoms with E-state index in [0.29, 0.717) is 6.42 Å². The maximum Gasteiger partial charge on any atom is 0.0793 e. The Balaban J connectivity index is 1.95. The third-order valence-electron chi connectivity index (χ3n) is 4.34. The molecule has 18 heavy (non-hydrogen) atoms. The van der Waals surface area contributed by atoms with Crippen molar-refractivity contribution in [2.75, 3.05) is 0 Å². The van der Waals surface area contributed by atoms with Crippen molar-refractivity contribution in [2.45, 2.75) is 51.2 Å². The first-order chi connectivity index (χ1) is 8.70. The van der Waals surface area contributed by atoms with Crippen LogP contribution in [0.5, 0.6) is 0 Å². The van der Waals surface area contributed by atoms with Gasteiger partial charge in [0.1, 0.15) is 0 Å². The molecule has 1 fully saturated rings. The zero-order valence-electron chi connectivity index (χ0n) is 11.1. The van der Waals surface area contributed by atoms with Crippen molar-refractivity contribution in [2.24, 2.45) is 11.8 Å². The molecule has 2 N–H and O–H groups in total. The quantitative estimate of drug-likeness (QED) is 0.858. The Bertz CT molecular complexity index is 349. The molecule has 2 heteroatoms. The van der Waals surface area contributed by atoms with Gasteiger partial charge in [0, 0.05) is 0 Å². The van der Waals surface area contributed by atoms with E-state index < -0.39 is 6.10 Å². The van der Waals surface area contributed by atoms with Crippen LogP contribution in [-0.4, -0.2) is 16.3 Å². The van der Waals surface area contributed by atoms with Crippen molar-refractivity contribution in [1.29, 1.82) is 0 Å². The molecule has 0 saturated heterocycles. The monoisotopic (exact) mass is 248 g/mol. The predicted octanol–water partition coefficient (Wildman–Crippen LogP) is 3.30. The number of rotatable bonds is 4. The molecule has 1 aromatic carbocycles. The lowest BCUT2D eigenvalue weighted by Crippen LogP contribution is -2.30. The molecule has 0 bridgehead atoms. The summed E-state index contributed by atoms with van der Waals surface area (Å²) in [6.45, 7) is 2.22. The van der Waals surface area contributed by atoms with Gasteiger partial charge in [-0.3, -0.25) is 0 Å². The maximum absolute atomic E-state index is 10.2. The molecular weight excluding hydrogens is 224 g/mol. The summed E-state index contributed by atoms with van der Waals surface area (Å²) in [4.78, 5) is 0. The Morgan fingerprint density at radius 3 is 2.61 bits per heavy atom. The maximum atomic E-state index is 10.2. The van der Waals surface area contributed by atoms with Gasteiger partial charge in [-0.2, -0.15) is 0 Å². The molecule has 2 rings (SSSR count). The van der Waals surface area contributed by atoms with E-state index in [4.69, 9.17) is 0 Å². The molecule has 4 atom stereocenters. The summed E-state index contributed by atoms with van der Waals surface area (Å²) in [7, 11) is 0. The van der Waals surface area contributed by atoms with Gasteiger partial charge in [-0.1, -0.05) is 43.7 Å². The third-order valence-corrected chi connectivity index (χ3v) is 4.34. The van der Waals surface area contributed by atoms with Crippen molar-refractivity contribution < 1.29 is 10.2 Å². The Hall–Kier alpha value is -0.860. The van der Waals surface area contributed by atoms with Crippen molar-refractivity contribution in [3.05, 3.63) is 35.9 Å². The van der Waals surface area contributed by atoms with Crippen molar-refractivity contribution in [1.82, 2.24) is 0 Å². The van der Waals surface area contributed by atoms with Gasteiger partial charge in [0.05, 0.1) is 12.2 Å².